The zero-order valence-corrected chi connectivity index (χ0v) is 10.5. The first kappa shape index (κ1) is 13.6. The van der Waals surface area contributed by atoms with Crippen molar-refractivity contribution >= 4 is 5.91 Å². The summed E-state index contributed by atoms with van der Waals surface area (Å²) >= 11 is 0. The third-order valence-electron chi connectivity index (χ3n) is 2.61. The predicted octanol–water partition coefficient (Wildman–Crippen LogP) is 0.196. The Bertz CT molecular complexity index is 349. The topological polar surface area (TPSA) is 85.8 Å². The molecular formula is C11H21N5O. The number of nitrogens with two attached hydrogens (primary N) is 1. The molecule has 0 spiro atoms. The number of carbonyl (C=O) groups is 1. The Morgan fingerprint density at radius 1 is 1.59 bits per heavy atom. The Morgan fingerprint density at radius 2 is 2.35 bits per heavy atom. The van der Waals surface area contributed by atoms with Gasteiger partial charge < -0.3 is 11.1 Å². The second-order valence-electron chi connectivity index (χ2n) is 4.33. The highest BCUT2D eigenvalue weighted by atomic mass is 16.1. The van der Waals surface area contributed by atoms with Crippen LogP contribution in [-0.4, -0.2) is 27.2 Å². The fraction of sp³-hybridized carbons (Fsp3) is 0.727. The van der Waals surface area contributed by atoms with Gasteiger partial charge in [-0.25, -0.2) is 4.98 Å². The van der Waals surface area contributed by atoms with E-state index in [1.54, 1.807) is 18.1 Å². The molecule has 1 aromatic heterocycles. The van der Waals surface area contributed by atoms with Crippen molar-refractivity contribution in [2.45, 2.75) is 32.7 Å². The summed E-state index contributed by atoms with van der Waals surface area (Å²) in [5, 5.41) is 6.88. The van der Waals surface area contributed by atoms with Crippen molar-refractivity contribution in [1.82, 2.24) is 20.1 Å². The number of aromatic nitrogens is 3. The number of rotatable bonds is 7. The molecule has 0 aliphatic heterocycles. The maximum absolute atomic E-state index is 11.5. The van der Waals surface area contributed by atoms with E-state index >= 15 is 0 Å². The number of hydrogen-bond donors (Lipinski definition) is 2. The highest BCUT2D eigenvalue weighted by Crippen LogP contribution is 2.08. The van der Waals surface area contributed by atoms with Gasteiger partial charge in [0.05, 0.1) is 6.54 Å². The molecule has 1 rings (SSSR count). The van der Waals surface area contributed by atoms with Gasteiger partial charge in [0, 0.05) is 13.5 Å². The largest absolute Gasteiger partial charge is 0.349 e. The van der Waals surface area contributed by atoms with Crippen LogP contribution in [0.2, 0.25) is 0 Å². The van der Waals surface area contributed by atoms with Gasteiger partial charge in [0.25, 0.3) is 0 Å². The maximum Gasteiger partial charge on any atom is 0.220 e. The van der Waals surface area contributed by atoms with Crippen LogP contribution in [0.4, 0.5) is 0 Å². The average molecular weight is 239 g/mol. The second-order valence-corrected chi connectivity index (χ2v) is 4.33. The predicted molar refractivity (Wildman–Crippen MR) is 64.9 cm³/mol. The van der Waals surface area contributed by atoms with Crippen LogP contribution in [-0.2, 0) is 18.4 Å². The summed E-state index contributed by atoms with van der Waals surface area (Å²) in [5.41, 5.74) is 5.45. The zero-order chi connectivity index (χ0) is 12.7. The molecule has 0 aromatic carbocycles. The Hall–Kier alpha value is -1.43. The number of amides is 1. The van der Waals surface area contributed by atoms with Gasteiger partial charge in [0.15, 0.2) is 5.82 Å². The molecule has 1 atom stereocenters. The molecule has 0 aliphatic carbocycles. The molecule has 0 aliphatic rings. The van der Waals surface area contributed by atoms with Gasteiger partial charge in [-0.05, 0) is 25.3 Å². The van der Waals surface area contributed by atoms with E-state index in [1.807, 2.05) is 0 Å². The van der Waals surface area contributed by atoms with Gasteiger partial charge in [0.2, 0.25) is 5.91 Å². The molecule has 17 heavy (non-hydrogen) atoms. The van der Waals surface area contributed by atoms with Crippen molar-refractivity contribution in [2.75, 3.05) is 6.54 Å². The molecule has 0 fully saturated rings. The van der Waals surface area contributed by atoms with Gasteiger partial charge in [-0.15, -0.1) is 0 Å². The van der Waals surface area contributed by atoms with Crippen LogP contribution in [0.15, 0.2) is 6.33 Å². The van der Waals surface area contributed by atoms with Crippen molar-refractivity contribution in [2.24, 2.45) is 18.7 Å². The molecule has 0 bridgehead atoms. The lowest BCUT2D eigenvalue weighted by atomic mass is 10.0. The van der Waals surface area contributed by atoms with Gasteiger partial charge in [0.1, 0.15) is 6.33 Å². The fourth-order valence-corrected chi connectivity index (χ4v) is 1.54. The van der Waals surface area contributed by atoms with E-state index in [0.717, 1.165) is 12.8 Å². The van der Waals surface area contributed by atoms with Crippen molar-refractivity contribution < 1.29 is 4.79 Å². The minimum atomic E-state index is 0.0429. The maximum atomic E-state index is 11.5. The van der Waals surface area contributed by atoms with Crippen LogP contribution in [0.5, 0.6) is 0 Å². The number of hydrogen-bond acceptors (Lipinski definition) is 4. The van der Waals surface area contributed by atoms with Gasteiger partial charge in [-0.1, -0.05) is 6.92 Å². The van der Waals surface area contributed by atoms with E-state index in [-0.39, 0.29) is 5.91 Å². The highest BCUT2D eigenvalue weighted by Gasteiger charge is 2.07. The van der Waals surface area contributed by atoms with E-state index in [4.69, 9.17) is 5.73 Å². The summed E-state index contributed by atoms with van der Waals surface area (Å²) in [7, 11) is 1.80. The summed E-state index contributed by atoms with van der Waals surface area (Å²) in [6, 6.07) is 0. The average Bonchev–Trinajstić information content (AvgIpc) is 2.70. The molecule has 0 radical (unpaired) electrons. The fourth-order valence-electron chi connectivity index (χ4n) is 1.54. The SMILES string of the molecule is CC(CCN)CCC(=O)NCc1ncn(C)n1. The Kier molecular flexibility index (Phi) is 5.62. The second kappa shape index (κ2) is 7.01. The van der Waals surface area contributed by atoms with Crippen molar-refractivity contribution in [3.63, 3.8) is 0 Å². The smallest absolute Gasteiger partial charge is 0.220 e. The van der Waals surface area contributed by atoms with Crippen molar-refractivity contribution in [3.05, 3.63) is 12.2 Å². The summed E-state index contributed by atoms with van der Waals surface area (Å²) < 4.78 is 1.62. The molecule has 96 valence electrons. The van der Waals surface area contributed by atoms with Crippen molar-refractivity contribution in [1.29, 1.82) is 0 Å². The number of nitrogens with zero attached hydrogens (tertiary/aromatic N) is 3. The van der Waals surface area contributed by atoms with Crippen LogP contribution < -0.4 is 11.1 Å². The molecule has 3 N–H and O–H groups in total. The van der Waals surface area contributed by atoms with E-state index in [9.17, 15) is 4.79 Å². The van der Waals surface area contributed by atoms with Crippen molar-refractivity contribution in [3.8, 4) is 0 Å². The lowest BCUT2D eigenvalue weighted by molar-refractivity contribution is -0.121. The third kappa shape index (κ3) is 5.44. The molecule has 1 amide bonds. The van der Waals surface area contributed by atoms with E-state index in [1.165, 1.54) is 0 Å². The number of aryl methyl sites for hydroxylation is 1. The van der Waals surface area contributed by atoms with Gasteiger partial charge in [-0.3, -0.25) is 9.48 Å². The molecule has 0 saturated heterocycles. The van der Waals surface area contributed by atoms with E-state index in [2.05, 4.69) is 22.3 Å². The molecule has 1 aromatic rings. The first-order valence-corrected chi connectivity index (χ1v) is 5.93. The van der Waals surface area contributed by atoms with Crippen LogP contribution in [0.3, 0.4) is 0 Å². The number of carbonyl (C=O) groups excluding carboxylic acids is 1. The molecular weight excluding hydrogens is 218 g/mol. The number of nitrogens with one attached hydrogen (secondary N) is 1. The quantitative estimate of drug-likeness (QED) is 0.711. The minimum absolute atomic E-state index is 0.0429. The standard InChI is InChI=1S/C11H21N5O/c1-9(5-6-12)3-4-11(17)13-7-10-14-8-16(2)15-10/h8-9H,3-7,12H2,1-2H3,(H,13,17). The lowest BCUT2D eigenvalue weighted by Crippen LogP contribution is -2.24. The zero-order valence-electron chi connectivity index (χ0n) is 10.5. The van der Waals surface area contributed by atoms with E-state index < -0.39 is 0 Å². The highest BCUT2D eigenvalue weighted by molar-refractivity contribution is 5.75. The van der Waals surface area contributed by atoms with Crippen LogP contribution in [0, 0.1) is 5.92 Å². The monoisotopic (exact) mass is 239 g/mol. The molecule has 6 nitrogen and oxygen atoms in total. The first-order valence-electron chi connectivity index (χ1n) is 5.93. The van der Waals surface area contributed by atoms with Crippen LogP contribution in [0.25, 0.3) is 0 Å². The lowest BCUT2D eigenvalue weighted by Gasteiger charge is -2.09. The first-order chi connectivity index (χ1) is 8.11. The minimum Gasteiger partial charge on any atom is -0.349 e. The summed E-state index contributed by atoms with van der Waals surface area (Å²) in [5.74, 6) is 1.18. The summed E-state index contributed by atoms with van der Waals surface area (Å²) in [4.78, 5) is 15.6. The summed E-state index contributed by atoms with van der Waals surface area (Å²) in [6.07, 6.45) is 3.99. The molecule has 1 heterocycles. The van der Waals surface area contributed by atoms with Crippen LogP contribution >= 0.6 is 0 Å². The Morgan fingerprint density at radius 3 is 2.94 bits per heavy atom. The molecule has 1 unspecified atom stereocenters. The normalized spacial score (nSPS) is 12.4. The Balaban J connectivity index is 2.17. The Labute approximate surface area is 102 Å². The summed E-state index contributed by atoms with van der Waals surface area (Å²) in [6.45, 7) is 3.19. The third-order valence-corrected chi connectivity index (χ3v) is 2.61. The van der Waals surface area contributed by atoms with Crippen LogP contribution in [0.1, 0.15) is 32.0 Å². The van der Waals surface area contributed by atoms with Gasteiger partial charge >= 0.3 is 0 Å². The van der Waals surface area contributed by atoms with E-state index in [0.29, 0.717) is 31.3 Å². The molecule has 0 saturated carbocycles. The van der Waals surface area contributed by atoms with Gasteiger partial charge in [-0.2, -0.15) is 5.10 Å². The molecule has 6 heteroatoms.